The molecule has 9 nitrogen and oxygen atoms in total. The molecule has 158 valence electrons. The second kappa shape index (κ2) is 8.10. The van der Waals surface area contributed by atoms with Crippen LogP contribution in [0.5, 0.6) is 11.5 Å². The molecule has 0 bridgehead atoms. The third-order valence-corrected chi connectivity index (χ3v) is 4.99. The summed E-state index contributed by atoms with van der Waals surface area (Å²) in [4.78, 5) is 16.3. The molecule has 0 spiro atoms. The average Bonchev–Trinajstić information content (AvgIpc) is 3.32. The lowest BCUT2D eigenvalue weighted by molar-refractivity contribution is -0.144. The van der Waals surface area contributed by atoms with E-state index in [4.69, 9.17) is 19.2 Å². The lowest BCUT2D eigenvalue weighted by atomic mass is 10.2. The number of carbonyl (C=O) groups is 1. The zero-order chi connectivity index (χ0) is 21.2. The first-order valence-electron chi connectivity index (χ1n) is 10.1. The van der Waals surface area contributed by atoms with E-state index in [-0.39, 0.29) is 19.1 Å². The Morgan fingerprint density at radius 1 is 1.23 bits per heavy atom. The van der Waals surface area contributed by atoms with Crippen molar-refractivity contribution in [2.24, 2.45) is 0 Å². The number of nitrogens with zero attached hydrogens (tertiary/aromatic N) is 5. The number of hydrogen-bond donors (Lipinski definition) is 0. The number of fused-ring (bicyclic) bond motifs is 5. The van der Waals surface area contributed by atoms with E-state index >= 15 is 0 Å². The Morgan fingerprint density at radius 2 is 2.13 bits per heavy atom. The number of rotatable bonds is 6. The molecule has 5 rings (SSSR count). The van der Waals surface area contributed by atoms with Gasteiger partial charge in [0.15, 0.2) is 0 Å². The smallest absolute Gasteiger partial charge is 0.327 e. The maximum atomic E-state index is 11.5. The van der Waals surface area contributed by atoms with E-state index in [0.717, 1.165) is 34.7 Å². The van der Waals surface area contributed by atoms with Crippen LogP contribution in [0.2, 0.25) is 0 Å². The Labute approximate surface area is 178 Å². The fourth-order valence-corrected chi connectivity index (χ4v) is 3.63. The third-order valence-electron chi connectivity index (χ3n) is 4.99. The van der Waals surface area contributed by atoms with Crippen LogP contribution >= 0.6 is 0 Å². The van der Waals surface area contributed by atoms with E-state index in [1.807, 2.05) is 36.4 Å². The summed E-state index contributed by atoms with van der Waals surface area (Å²) in [6, 6.07) is 13.8. The van der Waals surface area contributed by atoms with E-state index < -0.39 is 0 Å². The van der Waals surface area contributed by atoms with Crippen molar-refractivity contribution in [3.8, 4) is 22.9 Å². The molecule has 1 aliphatic heterocycles. The van der Waals surface area contributed by atoms with Gasteiger partial charge in [-0.1, -0.05) is 17.3 Å². The molecule has 0 saturated carbocycles. The maximum absolute atomic E-state index is 11.5. The minimum absolute atomic E-state index is 0.0223. The minimum Gasteiger partial charge on any atom is -0.491 e. The van der Waals surface area contributed by atoms with Crippen molar-refractivity contribution in [2.75, 3.05) is 13.2 Å². The average molecular weight is 419 g/mol. The second-order valence-electron chi connectivity index (χ2n) is 7.08. The highest BCUT2D eigenvalue weighted by Gasteiger charge is 2.20. The highest BCUT2D eigenvalue weighted by Crippen LogP contribution is 2.36. The molecule has 0 unspecified atom stereocenters. The molecule has 0 radical (unpaired) electrons. The van der Waals surface area contributed by atoms with Gasteiger partial charge in [-0.3, -0.25) is 4.79 Å². The number of aromatic nitrogens is 5. The van der Waals surface area contributed by atoms with Crippen LogP contribution in [-0.4, -0.2) is 43.7 Å². The van der Waals surface area contributed by atoms with Crippen LogP contribution in [0.15, 0.2) is 48.7 Å². The van der Waals surface area contributed by atoms with Gasteiger partial charge in [-0.05, 0) is 31.2 Å². The van der Waals surface area contributed by atoms with Gasteiger partial charge in [-0.25, -0.2) is 9.67 Å². The molecule has 0 amide bonds. The molecule has 0 aliphatic carbocycles. The van der Waals surface area contributed by atoms with Crippen LogP contribution in [0.1, 0.15) is 12.6 Å². The fourth-order valence-electron chi connectivity index (χ4n) is 3.63. The van der Waals surface area contributed by atoms with Gasteiger partial charge in [0.2, 0.25) is 0 Å². The molecule has 2 aromatic carbocycles. The van der Waals surface area contributed by atoms with E-state index in [0.29, 0.717) is 24.7 Å². The van der Waals surface area contributed by atoms with Gasteiger partial charge in [-0.2, -0.15) is 0 Å². The van der Waals surface area contributed by atoms with Gasteiger partial charge in [0.1, 0.15) is 42.8 Å². The molecule has 3 heterocycles. The van der Waals surface area contributed by atoms with Gasteiger partial charge < -0.3 is 18.8 Å². The van der Waals surface area contributed by atoms with Crippen LogP contribution in [0.25, 0.3) is 22.4 Å². The molecule has 0 atom stereocenters. The summed E-state index contributed by atoms with van der Waals surface area (Å²) in [7, 11) is 0. The highest BCUT2D eigenvalue weighted by molar-refractivity contribution is 5.82. The Bertz CT molecular complexity index is 1250. The molecule has 0 fully saturated rings. The zero-order valence-electron chi connectivity index (χ0n) is 17.0. The lowest BCUT2D eigenvalue weighted by Gasteiger charge is -2.09. The number of esters is 1. The predicted molar refractivity (Wildman–Crippen MR) is 112 cm³/mol. The first kappa shape index (κ1) is 19.1. The van der Waals surface area contributed by atoms with Gasteiger partial charge >= 0.3 is 5.97 Å². The van der Waals surface area contributed by atoms with Crippen LogP contribution in [-0.2, 0) is 29.2 Å². The summed E-state index contributed by atoms with van der Waals surface area (Å²) in [6.45, 7) is 3.61. The van der Waals surface area contributed by atoms with Crippen molar-refractivity contribution < 1.29 is 19.0 Å². The standard InChI is InChI=1S/C22H21N5O4/c1-2-29-21(28)13-26-12-15(24-25-26)14-31-16-7-8-17-20(11-16)30-10-9-27-19-6-4-3-5-18(19)23-22(17)27/h3-8,11-12H,2,9-10,13-14H2,1H3. The summed E-state index contributed by atoms with van der Waals surface area (Å²) < 4.78 is 20.4. The van der Waals surface area contributed by atoms with Gasteiger partial charge in [0.25, 0.3) is 0 Å². The van der Waals surface area contributed by atoms with Crippen LogP contribution in [0.3, 0.4) is 0 Å². The Hall–Kier alpha value is -3.88. The first-order valence-corrected chi connectivity index (χ1v) is 10.1. The molecule has 0 saturated heterocycles. The number of benzene rings is 2. The topological polar surface area (TPSA) is 93.3 Å². The number of imidazole rings is 1. The number of hydrogen-bond acceptors (Lipinski definition) is 7. The van der Waals surface area contributed by atoms with Gasteiger partial charge in [0.05, 0.1) is 35.9 Å². The summed E-state index contributed by atoms with van der Waals surface area (Å²) in [6.07, 6.45) is 1.67. The molecular formula is C22H21N5O4. The van der Waals surface area contributed by atoms with Gasteiger partial charge in [0, 0.05) is 6.07 Å². The summed E-state index contributed by atoms with van der Waals surface area (Å²) >= 11 is 0. The Morgan fingerprint density at radius 3 is 3.03 bits per heavy atom. The second-order valence-corrected chi connectivity index (χ2v) is 7.08. The number of carbonyl (C=O) groups excluding carboxylic acids is 1. The minimum atomic E-state index is -0.353. The number of para-hydroxylation sites is 2. The van der Waals surface area contributed by atoms with Crippen LogP contribution < -0.4 is 9.47 Å². The van der Waals surface area contributed by atoms with E-state index in [2.05, 4.69) is 20.9 Å². The van der Waals surface area contributed by atoms with E-state index in [1.54, 1.807) is 13.1 Å². The SMILES string of the molecule is CCOC(=O)Cn1cc(COc2ccc3c(c2)OCCn2c-3nc3ccccc32)nn1. The molecule has 1 aliphatic rings. The quantitative estimate of drug-likeness (QED) is 0.444. The summed E-state index contributed by atoms with van der Waals surface area (Å²) in [5.74, 6) is 1.93. The summed E-state index contributed by atoms with van der Waals surface area (Å²) in [5, 5.41) is 7.97. The first-order chi connectivity index (χ1) is 15.2. The van der Waals surface area contributed by atoms with Crippen molar-refractivity contribution in [1.29, 1.82) is 0 Å². The normalized spacial score (nSPS) is 12.5. The highest BCUT2D eigenvalue weighted by atomic mass is 16.5. The van der Waals surface area contributed by atoms with Crippen LogP contribution in [0, 0.1) is 0 Å². The lowest BCUT2D eigenvalue weighted by Crippen LogP contribution is -2.13. The van der Waals surface area contributed by atoms with Crippen molar-refractivity contribution in [3.63, 3.8) is 0 Å². The Kier molecular flexibility index (Phi) is 4.99. The molecule has 2 aromatic heterocycles. The van der Waals surface area contributed by atoms with Crippen molar-refractivity contribution >= 4 is 17.0 Å². The Balaban J connectivity index is 1.32. The molecule has 0 N–H and O–H groups in total. The third kappa shape index (κ3) is 3.81. The van der Waals surface area contributed by atoms with Crippen LogP contribution in [0.4, 0.5) is 0 Å². The zero-order valence-corrected chi connectivity index (χ0v) is 17.0. The van der Waals surface area contributed by atoms with E-state index in [1.165, 1.54) is 4.68 Å². The predicted octanol–water partition coefficient (Wildman–Crippen LogP) is 2.83. The van der Waals surface area contributed by atoms with Crippen molar-refractivity contribution in [3.05, 3.63) is 54.4 Å². The fraction of sp³-hybridized carbons (Fsp3) is 0.273. The monoisotopic (exact) mass is 419 g/mol. The van der Waals surface area contributed by atoms with E-state index in [9.17, 15) is 4.79 Å². The summed E-state index contributed by atoms with van der Waals surface area (Å²) in [5.41, 5.74) is 3.61. The van der Waals surface area contributed by atoms with Gasteiger partial charge in [-0.15, -0.1) is 5.10 Å². The van der Waals surface area contributed by atoms with Crippen molar-refractivity contribution in [1.82, 2.24) is 24.5 Å². The number of ether oxygens (including phenoxy) is 3. The maximum Gasteiger partial charge on any atom is 0.327 e. The molecule has 4 aromatic rings. The molecule has 9 heteroatoms. The van der Waals surface area contributed by atoms with Crippen molar-refractivity contribution in [2.45, 2.75) is 26.6 Å². The largest absolute Gasteiger partial charge is 0.491 e. The molecule has 31 heavy (non-hydrogen) atoms. The molecular weight excluding hydrogens is 398 g/mol.